The van der Waals surface area contributed by atoms with Crippen molar-refractivity contribution < 1.29 is 36.3 Å². The number of hydrogen-bond donors (Lipinski definition) is 2. The van der Waals surface area contributed by atoms with Gasteiger partial charge in [0.15, 0.2) is 0 Å². The zero-order valence-corrected chi connectivity index (χ0v) is 15.1. The molecule has 0 fully saturated rings. The lowest BCUT2D eigenvalue weighted by Gasteiger charge is -2.26. The molecule has 0 radical (unpaired) electrons. The normalized spacial score (nSPS) is 13.5. The average Bonchev–Trinajstić information content (AvgIpc) is 2.49. The topological polar surface area (TPSA) is 104 Å². The fourth-order valence-corrected chi connectivity index (χ4v) is 4.03. The molecule has 1 aromatic rings. The number of aryl methyl sites for hydroxylation is 1. The lowest BCUT2D eigenvalue weighted by molar-refractivity contribution is -0.141. The summed E-state index contributed by atoms with van der Waals surface area (Å²) in [6.45, 7) is 3.04. The number of alkyl halides is 3. The molecular formula is C15H19F3N2O5S. The molecule has 0 saturated heterocycles. The highest BCUT2D eigenvalue weighted by Gasteiger charge is 2.36. The Morgan fingerprint density at radius 3 is 2.31 bits per heavy atom. The van der Waals surface area contributed by atoms with Crippen LogP contribution >= 0.6 is 0 Å². The van der Waals surface area contributed by atoms with Gasteiger partial charge in [-0.3, -0.25) is 9.59 Å². The molecule has 1 atom stereocenters. The molecule has 0 aliphatic rings. The molecule has 1 amide bonds. The first-order valence-corrected chi connectivity index (χ1v) is 8.89. The number of amides is 1. The summed E-state index contributed by atoms with van der Waals surface area (Å²) in [7, 11) is -4.40. The molecule has 1 unspecified atom stereocenters. The number of rotatable bonds is 7. The van der Waals surface area contributed by atoms with E-state index in [2.05, 4.69) is 5.32 Å². The quantitative estimate of drug-likeness (QED) is 0.729. The summed E-state index contributed by atoms with van der Waals surface area (Å²) in [6, 6.07) is 0.630. The first kappa shape index (κ1) is 21.9. The van der Waals surface area contributed by atoms with Gasteiger partial charge in [-0.1, -0.05) is 0 Å². The van der Waals surface area contributed by atoms with Crippen LogP contribution in [0.3, 0.4) is 0 Å². The Morgan fingerprint density at radius 1 is 1.31 bits per heavy atom. The number of nitrogens with one attached hydrogen (secondary N) is 1. The summed E-state index contributed by atoms with van der Waals surface area (Å²) in [4.78, 5) is 21.7. The van der Waals surface area contributed by atoms with Gasteiger partial charge in [-0.05, 0) is 37.6 Å². The smallest absolute Gasteiger partial charge is 0.416 e. The monoisotopic (exact) mass is 396 g/mol. The molecule has 11 heteroatoms. The van der Waals surface area contributed by atoms with Gasteiger partial charge in [0.25, 0.3) is 0 Å². The maximum atomic E-state index is 12.8. The zero-order chi connectivity index (χ0) is 20.3. The van der Waals surface area contributed by atoms with Crippen molar-refractivity contribution in [3.05, 3.63) is 29.3 Å². The number of carboxylic acids is 1. The highest BCUT2D eigenvalue weighted by molar-refractivity contribution is 7.89. The summed E-state index contributed by atoms with van der Waals surface area (Å²) in [6.07, 6.45) is -4.63. The Morgan fingerprint density at radius 2 is 1.88 bits per heavy atom. The molecule has 0 aliphatic carbocycles. The molecule has 0 spiro atoms. The van der Waals surface area contributed by atoms with Crippen molar-refractivity contribution in [1.82, 2.24) is 9.62 Å². The number of carboxylic acid groups (broad SMARTS) is 1. The van der Waals surface area contributed by atoms with Gasteiger partial charge in [0.2, 0.25) is 15.9 Å². The maximum Gasteiger partial charge on any atom is 0.416 e. The van der Waals surface area contributed by atoms with Crippen molar-refractivity contribution in [2.45, 2.75) is 37.9 Å². The number of aliphatic carboxylic acids is 1. The standard InChI is InChI=1S/C15H19F3N2O5S/c1-9-8-12(15(16,17)18)4-5-13(9)26(24,25)20(10(2)14(22)23)7-6-19-11(3)21/h4-5,8,10H,6-7H2,1-3H3,(H,19,21)(H,22,23). The second-order valence-corrected chi connectivity index (χ2v) is 7.45. The van der Waals surface area contributed by atoms with Gasteiger partial charge < -0.3 is 10.4 Å². The van der Waals surface area contributed by atoms with Crippen LogP contribution in [0.2, 0.25) is 0 Å². The number of sulfonamides is 1. The van der Waals surface area contributed by atoms with E-state index in [0.717, 1.165) is 13.0 Å². The van der Waals surface area contributed by atoms with E-state index >= 15 is 0 Å². The second-order valence-electron chi connectivity index (χ2n) is 5.59. The lowest BCUT2D eigenvalue weighted by atomic mass is 10.1. The molecule has 2 N–H and O–H groups in total. The van der Waals surface area contributed by atoms with Gasteiger partial charge in [-0.15, -0.1) is 0 Å². The van der Waals surface area contributed by atoms with Crippen LogP contribution in [0.15, 0.2) is 23.1 Å². The van der Waals surface area contributed by atoms with E-state index in [9.17, 15) is 31.2 Å². The van der Waals surface area contributed by atoms with Crippen molar-refractivity contribution in [3.63, 3.8) is 0 Å². The van der Waals surface area contributed by atoms with E-state index in [1.165, 1.54) is 13.8 Å². The molecule has 146 valence electrons. The molecule has 1 aromatic carbocycles. The number of carbonyl (C=O) groups is 2. The summed E-state index contributed by atoms with van der Waals surface area (Å²) in [5, 5.41) is 11.5. The molecule has 0 aliphatic heterocycles. The van der Waals surface area contributed by atoms with Crippen molar-refractivity contribution in [3.8, 4) is 0 Å². The van der Waals surface area contributed by atoms with Crippen LogP contribution in [0, 0.1) is 6.92 Å². The number of halogens is 3. The number of nitrogens with zero attached hydrogens (tertiary/aromatic N) is 1. The largest absolute Gasteiger partial charge is 0.480 e. The van der Waals surface area contributed by atoms with Gasteiger partial charge in [-0.2, -0.15) is 17.5 Å². The van der Waals surface area contributed by atoms with Gasteiger partial charge in [0, 0.05) is 20.0 Å². The van der Waals surface area contributed by atoms with Crippen LogP contribution in [0.25, 0.3) is 0 Å². The van der Waals surface area contributed by atoms with Crippen LogP contribution in [-0.2, 0) is 25.8 Å². The first-order valence-electron chi connectivity index (χ1n) is 7.45. The van der Waals surface area contributed by atoms with Crippen molar-refractivity contribution in [2.75, 3.05) is 13.1 Å². The Kier molecular flexibility index (Phi) is 6.77. The number of carbonyl (C=O) groups excluding carboxylic acids is 1. The zero-order valence-electron chi connectivity index (χ0n) is 14.3. The summed E-state index contributed by atoms with van der Waals surface area (Å²) in [5.41, 5.74) is -1.17. The Labute approximate surface area is 148 Å². The van der Waals surface area contributed by atoms with Crippen LogP contribution in [-0.4, -0.2) is 48.8 Å². The third-order valence-corrected chi connectivity index (χ3v) is 5.71. The van der Waals surface area contributed by atoms with E-state index in [1.54, 1.807) is 0 Å². The predicted molar refractivity (Wildman–Crippen MR) is 85.9 cm³/mol. The Bertz CT molecular complexity index is 793. The third kappa shape index (κ3) is 5.18. The van der Waals surface area contributed by atoms with Crippen LogP contribution in [0.1, 0.15) is 25.0 Å². The van der Waals surface area contributed by atoms with Gasteiger partial charge in [0.05, 0.1) is 10.5 Å². The van der Waals surface area contributed by atoms with E-state index in [1.807, 2.05) is 0 Å². The van der Waals surface area contributed by atoms with E-state index in [4.69, 9.17) is 5.11 Å². The molecule has 26 heavy (non-hydrogen) atoms. The molecule has 1 rings (SSSR count). The average molecular weight is 396 g/mol. The molecule has 0 saturated carbocycles. The fraction of sp³-hybridized carbons (Fsp3) is 0.467. The summed E-state index contributed by atoms with van der Waals surface area (Å²) in [5.74, 6) is -1.86. The van der Waals surface area contributed by atoms with E-state index < -0.39 is 44.6 Å². The molecule has 0 bridgehead atoms. The Hall–Kier alpha value is -2.14. The number of hydrogen-bond acceptors (Lipinski definition) is 4. The van der Waals surface area contributed by atoms with Crippen molar-refractivity contribution in [1.29, 1.82) is 0 Å². The third-order valence-electron chi connectivity index (χ3n) is 3.58. The van der Waals surface area contributed by atoms with Crippen molar-refractivity contribution in [2.24, 2.45) is 0 Å². The Balaban J connectivity index is 3.31. The molecule has 0 aromatic heterocycles. The van der Waals surface area contributed by atoms with Gasteiger partial charge in [0.1, 0.15) is 6.04 Å². The minimum Gasteiger partial charge on any atom is -0.480 e. The first-order chi connectivity index (χ1) is 11.8. The molecule has 0 heterocycles. The van der Waals surface area contributed by atoms with E-state index in [0.29, 0.717) is 16.4 Å². The van der Waals surface area contributed by atoms with Crippen LogP contribution in [0.4, 0.5) is 13.2 Å². The fourth-order valence-electron chi connectivity index (χ4n) is 2.23. The lowest BCUT2D eigenvalue weighted by Crippen LogP contribution is -2.46. The number of benzene rings is 1. The molecular weight excluding hydrogens is 377 g/mol. The van der Waals surface area contributed by atoms with E-state index in [-0.39, 0.29) is 18.7 Å². The second kappa shape index (κ2) is 8.04. The van der Waals surface area contributed by atoms with Crippen LogP contribution in [0.5, 0.6) is 0 Å². The predicted octanol–water partition coefficient (Wildman–Crippen LogP) is 1.61. The highest BCUT2D eigenvalue weighted by Crippen LogP contribution is 2.32. The molecule has 7 nitrogen and oxygen atoms in total. The minimum atomic E-state index is -4.63. The van der Waals surface area contributed by atoms with Gasteiger partial charge in [-0.25, -0.2) is 8.42 Å². The van der Waals surface area contributed by atoms with Gasteiger partial charge >= 0.3 is 12.1 Å². The SMILES string of the molecule is CC(=O)NCCN(C(C)C(=O)O)S(=O)(=O)c1ccc(C(F)(F)F)cc1C. The maximum absolute atomic E-state index is 12.8. The summed E-state index contributed by atoms with van der Waals surface area (Å²) < 4.78 is 64.5. The highest BCUT2D eigenvalue weighted by atomic mass is 32.2. The summed E-state index contributed by atoms with van der Waals surface area (Å²) >= 11 is 0. The van der Waals surface area contributed by atoms with Crippen LogP contribution < -0.4 is 5.32 Å². The van der Waals surface area contributed by atoms with Crippen molar-refractivity contribution >= 4 is 21.9 Å². The minimum absolute atomic E-state index is 0.147.